The van der Waals surface area contributed by atoms with E-state index < -0.39 is 17.7 Å². The summed E-state index contributed by atoms with van der Waals surface area (Å²) in [6.45, 7) is 3.84. The van der Waals surface area contributed by atoms with Crippen LogP contribution in [-0.4, -0.2) is 16.8 Å². The second-order valence-corrected chi connectivity index (χ2v) is 6.89. The van der Waals surface area contributed by atoms with Crippen LogP contribution in [0.15, 0.2) is 76.9 Å². The van der Waals surface area contributed by atoms with E-state index in [1.54, 1.807) is 30.3 Å². The Kier molecular flexibility index (Phi) is 4.35. The Labute approximate surface area is 162 Å². The molecule has 3 aromatic rings. The van der Waals surface area contributed by atoms with Crippen molar-refractivity contribution in [2.75, 3.05) is 4.90 Å². The average Bonchev–Trinajstić information content (AvgIpc) is 3.29. The summed E-state index contributed by atoms with van der Waals surface area (Å²) in [5, 5.41) is 10.9. The van der Waals surface area contributed by atoms with Gasteiger partial charge in [0, 0.05) is 11.3 Å². The molecule has 1 saturated heterocycles. The summed E-state index contributed by atoms with van der Waals surface area (Å²) in [5.74, 6) is -1.23. The van der Waals surface area contributed by atoms with Crippen LogP contribution in [0.2, 0.25) is 0 Å². The quantitative estimate of drug-likeness (QED) is 0.416. The number of aryl methyl sites for hydroxylation is 2. The number of aliphatic hydroxyl groups is 1. The molecule has 1 aromatic heterocycles. The number of aliphatic hydroxyl groups excluding tert-OH is 1. The smallest absolute Gasteiger partial charge is 0.300 e. The first kappa shape index (κ1) is 17.8. The largest absolute Gasteiger partial charge is 0.507 e. The van der Waals surface area contributed by atoms with Crippen molar-refractivity contribution in [3.05, 3.63) is 95.0 Å². The van der Waals surface area contributed by atoms with Gasteiger partial charge in [-0.1, -0.05) is 42.0 Å². The lowest BCUT2D eigenvalue weighted by Gasteiger charge is -2.23. The standard InChI is InChI=1S/C23H19NO4/c1-14-8-10-16(11-9-14)21(25)19-20(18-7-4-12-28-18)24(23(27)22(19)26)17-6-3-5-15(2)13-17/h3-13,20,25H,1-2H3/b21-19-. The van der Waals surface area contributed by atoms with Gasteiger partial charge in [0.15, 0.2) is 0 Å². The monoisotopic (exact) mass is 373 g/mol. The molecule has 0 bridgehead atoms. The lowest BCUT2D eigenvalue weighted by Crippen LogP contribution is -2.29. The van der Waals surface area contributed by atoms with Crippen LogP contribution in [0.25, 0.3) is 5.76 Å². The normalized spacial score (nSPS) is 18.6. The van der Waals surface area contributed by atoms with Gasteiger partial charge in [-0.25, -0.2) is 0 Å². The van der Waals surface area contributed by atoms with E-state index in [1.165, 1.54) is 11.2 Å². The van der Waals surface area contributed by atoms with Gasteiger partial charge in [-0.3, -0.25) is 14.5 Å². The summed E-state index contributed by atoms with van der Waals surface area (Å²) >= 11 is 0. The molecule has 1 unspecified atom stereocenters. The first-order chi connectivity index (χ1) is 13.5. The predicted molar refractivity (Wildman–Crippen MR) is 106 cm³/mol. The summed E-state index contributed by atoms with van der Waals surface area (Å²) in [5.41, 5.74) is 3.05. The number of benzene rings is 2. The van der Waals surface area contributed by atoms with E-state index in [4.69, 9.17) is 4.42 Å². The fourth-order valence-corrected chi connectivity index (χ4v) is 3.46. The van der Waals surface area contributed by atoms with Gasteiger partial charge in [0.2, 0.25) is 0 Å². The highest BCUT2D eigenvalue weighted by molar-refractivity contribution is 6.51. The summed E-state index contributed by atoms with van der Waals surface area (Å²) in [6.07, 6.45) is 1.48. The molecule has 1 N–H and O–H groups in total. The number of furan rings is 1. The van der Waals surface area contributed by atoms with E-state index >= 15 is 0 Å². The topological polar surface area (TPSA) is 70.8 Å². The third kappa shape index (κ3) is 2.91. The van der Waals surface area contributed by atoms with Crippen molar-refractivity contribution in [3.8, 4) is 0 Å². The first-order valence-electron chi connectivity index (χ1n) is 8.95. The maximum Gasteiger partial charge on any atom is 0.300 e. The number of carbonyl (C=O) groups excluding carboxylic acids is 2. The molecule has 2 heterocycles. The Bertz CT molecular complexity index is 1080. The summed E-state index contributed by atoms with van der Waals surface area (Å²) < 4.78 is 5.54. The van der Waals surface area contributed by atoms with Crippen molar-refractivity contribution >= 4 is 23.1 Å². The molecule has 1 aliphatic heterocycles. The minimum absolute atomic E-state index is 0.0188. The van der Waals surface area contributed by atoms with Crippen LogP contribution in [0.5, 0.6) is 0 Å². The van der Waals surface area contributed by atoms with Crippen LogP contribution >= 0.6 is 0 Å². The molecule has 0 spiro atoms. The van der Waals surface area contributed by atoms with E-state index in [0.29, 0.717) is 17.0 Å². The van der Waals surface area contributed by atoms with Crippen molar-refractivity contribution in [3.63, 3.8) is 0 Å². The van der Waals surface area contributed by atoms with Crippen LogP contribution < -0.4 is 4.90 Å². The fourth-order valence-electron chi connectivity index (χ4n) is 3.46. The Hall–Kier alpha value is -3.60. The number of anilines is 1. The predicted octanol–water partition coefficient (Wildman–Crippen LogP) is 4.52. The van der Waals surface area contributed by atoms with E-state index in [1.807, 2.05) is 44.2 Å². The number of carbonyl (C=O) groups is 2. The highest BCUT2D eigenvalue weighted by Gasteiger charge is 2.48. The molecule has 1 atom stereocenters. The maximum absolute atomic E-state index is 12.9. The molecule has 28 heavy (non-hydrogen) atoms. The molecule has 5 nitrogen and oxygen atoms in total. The lowest BCUT2D eigenvalue weighted by molar-refractivity contribution is -0.132. The zero-order valence-electron chi connectivity index (χ0n) is 15.5. The fraction of sp³-hybridized carbons (Fsp3) is 0.130. The lowest BCUT2D eigenvalue weighted by atomic mass is 9.98. The molecule has 5 heteroatoms. The Balaban J connectivity index is 1.93. The second-order valence-electron chi connectivity index (χ2n) is 6.89. The van der Waals surface area contributed by atoms with Crippen LogP contribution in [0.1, 0.15) is 28.5 Å². The number of ketones is 1. The van der Waals surface area contributed by atoms with E-state index in [2.05, 4.69) is 0 Å². The van der Waals surface area contributed by atoms with Crippen molar-refractivity contribution < 1.29 is 19.1 Å². The molecule has 1 amide bonds. The van der Waals surface area contributed by atoms with Gasteiger partial charge in [0.05, 0.1) is 11.8 Å². The molecule has 0 saturated carbocycles. The molecule has 4 rings (SSSR count). The van der Waals surface area contributed by atoms with Crippen LogP contribution in [0, 0.1) is 13.8 Å². The van der Waals surface area contributed by atoms with Crippen LogP contribution in [0.4, 0.5) is 5.69 Å². The van der Waals surface area contributed by atoms with Crippen molar-refractivity contribution in [2.45, 2.75) is 19.9 Å². The van der Waals surface area contributed by atoms with Crippen molar-refractivity contribution in [2.24, 2.45) is 0 Å². The number of amides is 1. The number of hydrogen-bond donors (Lipinski definition) is 1. The molecule has 1 aliphatic rings. The van der Waals surface area contributed by atoms with Gasteiger partial charge in [-0.15, -0.1) is 0 Å². The Morgan fingerprint density at radius 1 is 0.964 bits per heavy atom. The molecular weight excluding hydrogens is 354 g/mol. The highest BCUT2D eigenvalue weighted by Crippen LogP contribution is 2.42. The number of hydrogen-bond acceptors (Lipinski definition) is 4. The SMILES string of the molecule is Cc1ccc(/C(O)=C2/C(=O)C(=O)N(c3cccc(C)c3)C2c2ccco2)cc1. The van der Waals surface area contributed by atoms with E-state index in [0.717, 1.165) is 11.1 Å². The van der Waals surface area contributed by atoms with E-state index in [9.17, 15) is 14.7 Å². The third-order valence-electron chi connectivity index (χ3n) is 4.86. The zero-order valence-corrected chi connectivity index (χ0v) is 15.5. The van der Waals surface area contributed by atoms with Gasteiger partial charge in [0.1, 0.15) is 17.6 Å². The minimum Gasteiger partial charge on any atom is -0.507 e. The number of rotatable bonds is 3. The Morgan fingerprint density at radius 2 is 1.71 bits per heavy atom. The van der Waals surface area contributed by atoms with Gasteiger partial charge in [-0.05, 0) is 43.7 Å². The van der Waals surface area contributed by atoms with Gasteiger partial charge in [0.25, 0.3) is 11.7 Å². The average molecular weight is 373 g/mol. The molecule has 2 aromatic carbocycles. The van der Waals surface area contributed by atoms with Crippen molar-refractivity contribution in [1.82, 2.24) is 0 Å². The van der Waals surface area contributed by atoms with Crippen LogP contribution in [0.3, 0.4) is 0 Å². The molecule has 140 valence electrons. The first-order valence-corrected chi connectivity index (χ1v) is 8.95. The Morgan fingerprint density at radius 3 is 2.36 bits per heavy atom. The van der Waals surface area contributed by atoms with Gasteiger partial charge < -0.3 is 9.52 Å². The van der Waals surface area contributed by atoms with Gasteiger partial charge >= 0.3 is 0 Å². The summed E-state index contributed by atoms with van der Waals surface area (Å²) in [6, 6.07) is 17.0. The second kappa shape index (κ2) is 6.85. The number of nitrogens with zero attached hydrogens (tertiary/aromatic N) is 1. The van der Waals surface area contributed by atoms with Crippen molar-refractivity contribution in [1.29, 1.82) is 0 Å². The highest BCUT2D eigenvalue weighted by atomic mass is 16.3. The summed E-state index contributed by atoms with van der Waals surface area (Å²) in [7, 11) is 0. The molecular formula is C23H19NO4. The molecule has 0 radical (unpaired) electrons. The third-order valence-corrected chi connectivity index (χ3v) is 4.86. The molecule has 1 fully saturated rings. The van der Waals surface area contributed by atoms with E-state index in [-0.39, 0.29) is 11.3 Å². The minimum atomic E-state index is -0.835. The summed E-state index contributed by atoms with van der Waals surface area (Å²) in [4.78, 5) is 27.2. The zero-order chi connectivity index (χ0) is 19.8. The molecule has 0 aliphatic carbocycles. The van der Waals surface area contributed by atoms with Crippen LogP contribution in [-0.2, 0) is 9.59 Å². The maximum atomic E-state index is 12.9. The van der Waals surface area contributed by atoms with Gasteiger partial charge in [-0.2, -0.15) is 0 Å². The number of Topliss-reactive ketones (excluding diaryl/α,β-unsaturated/α-hetero) is 1.